The Bertz CT molecular complexity index is 1140. The Kier molecular flexibility index (Phi) is 8.22. The molecule has 32 heavy (non-hydrogen) atoms. The van der Waals surface area contributed by atoms with E-state index in [1.54, 1.807) is 42.3 Å². The molecule has 7 nitrogen and oxygen atoms in total. The van der Waals surface area contributed by atoms with E-state index in [-0.39, 0.29) is 23.0 Å². The quantitative estimate of drug-likeness (QED) is 0.419. The van der Waals surface area contributed by atoms with Gasteiger partial charge in [-0.3, -0.25) is 9.69 Å². The number of sulfone groups is 1. The lowest BCUT2D eigenvalue weighted by molar-refractivity contribution is -0.118. The lowest BCUT2D eigenvalue weighted by Gasteiger charge is -2.24. The minimum absolute atomic E-state index is 0.109. The molecule has 3 aromatic rings. The Morgan fingerprint density at radius 1 is 1.03 bits per heavy atom. The Labute approximate surface area is 193 Å². The number of nitrogens with zero attached hydrogens (tertiary/aromatic N) is 3. The molecular formula is C23H29N3O4S2. The summed E-state index contributed by atoms with van der Waals surface area (Å²) >= 11 is 1.41. The van der Waals surface area contributed by atoms with Crippen molar-refractivity contribution in [3.8, 4) is 5.75 Å². The summed E-state index contributed by atoms with van der Waals surface area (Å²) in [4.78, 5) is 21.9. The van der Waals surface area contributed by atoms with Crippen LogP contribution in [0.4, 0.5) is 5.13 Å². The minimum Gasteiger partial charge on any atom is -0.494 e. The summed E-state index contributed by atoms with van der Waals surface area (Å²) in [6.45, 7) is 7.00. The zero-order valence-corrected chi connectivity index (χ0v) is 20.3. The van der Waals surface area contributed by atoms with Gasteiger partial charge < -0.3 is 9.64 Å². The van der Waals surface area contributed by atoms with Crippen molar-refractivity contribution in [2.75, 3.05) is 43.9 Å². The molecule has 0 N–H and O–H groups in total. The molecule has 0 fully saturated rings. The van der Waals surface area contributed by atoms with Crippen LogP contribution in [-0.4, -0.2) is 63.3 Å². The summed E-state index contributed by atoms with van der Waals surface area (Å²) in [7, 11) is -1.95. The van der Waals surface area contributed by atoms with Gasteiger partial charge >= 0.3 is 0 Å². The van der Waals surface area contributed by atoms with Crippen molar-refractivity contribution in [3.63, 3.8) is 0 Å². The van der Waals surface area contributed by atoms with Gasteiger partial charge in [0, 0.05) is 19.5 Å². The van der Waals surface area contributed by atoms with E-state index >= 15 is 0 Å². The lowest BCUT2D eigenvalue weighted by Crippen LogP contribution is -2.39. The molecule has 0 aliphatic carbocycles. The number of benzene rings is 2. The number of carbonyl (C=O) groups excluding carboxylic acids is 1. The summed E-state index contributed by atoms with van der Waals surface area (Å²) in [6.07, 6.45) is -0.109. The van der Waals surface area contributed by atoms with E-state index < -0.39 is 9.84 Å². The molecule has 9 heteroatoms. The third kappa shape index (κ3) is 5.65. The second-order valence-electron chi connectivity index (χ2n) is 7.26. The maximum Gasteiger partial charge on any atom is 0.229 e. The number of anilines is 1. The second-order valence-corrected chi connectivity index (χ2v) is 10.4. The highest BCUT2D eigenvalue weighted by atomic mass is 32.2. The van der Waals surface area contributed by atoms with Crippen LogP contribution in [0.5, 0.6) is 5.75 Å². The second kappa shape index (κ2) is 10.9. The van der Waals surface area contributed by atoms with E-state index in [9.17, 15) is 13.2 Å². The van der Waals surface area contributed by atoms with Crippen LogP contribution in [0.25, 0.3) is 10.2 Å². The molecule has 2 aromatic carbocycles. The van der Waals surface area contributed by atoms with Crippen molar-refractivity contribution in [3.05, 3.63) is 48.5 Å². The number of hydrogen-bond acceptors (Lipinski definition) is 7. The van der Waals surface area contributed by atoms with E-state index in [1.165, 1.54) is 11.3 Å². The van der Waals surface area contributed by atoms with Crippen molar-refractivity contribution in [1.29, 1.82) is 0 Å². The molecule has 3 rings (SSSR count). The van der Waals surface area contributed by atoms with Crippen molar-refractivity contribution in [1.82, 2.24) is 9.88 Å². The third-order valence-electron chi connectivity index (χ3n) is 5.34. The van der Waals surface area contributed by atoms with Gasteiger partial charge in [-0.05, 0) is 37.4 Å². The van der Waals surface area contributed by atoms with Crippen LogP contribution in [0.3, 0.4) is 0 Å². The molecule has 0 saturated carbocycles. The number of amides is 1. The van der Waals surface area contributed by atoms with Crippen LogP contribution in [0.15, 0.2) is 53.4 Å². The smallest absolute Gasteiger partial charge is 0.229 e. The fraction of sp³-hybridized carbons (Fsp3) is 0.391. The lowest BCUT2D eigenvalue weighted by atomic mass is 10.3. The number of rotatable bonds is 11. The van der Waals surface area contributed by atoms with Crippen molar-refractivity contribution >= 4 is 42.4 Å². The normalized spacial score (nSPS) is 11.8. The third-order valence-corrected chi connectivity index (χ3v) is 8.12. The minimum atomic E-state index is -3.54. The first-order valence-corrected chi connectivity index (χ1v) is 13.1. The van der Waals surface area contributed by atoms with Gasteiger partial charge in [0.25, 0.3) is 0 Å². The maximum atomic E-state index is 13.2. The molecule has 1 heterocycles. The Hall–Kier alpha value is -2.49. The van der Waals surface area contributed by atoms with Crippen molar-refractivity contribution in [2.45, 2.75) is 25.2 Å². The van der Waals surface area contributed by atoms with Gasteiger partial charge in [0.15, 0.2) is 15.0 Å². The zero-order valence-electron chi connectivity index (χ0n) is 18.7. The highest BCUT2D eigenvalue weighted by Gasteiger charge is 2.24. The summed E-state index contributed by atoms with van der Waals surface area (Å²) in [5.74, 6) is 0.147. The van der Waals surface area contributed by atoms with Crippen molar-refractivity contribution < 1.29 is 17.9 Å². The van der Waals surface area contributed by atoms with E-state index in [0.717, 1.165) is 17.8 Å². The molecule has 1 amide bonds. The first-order valence-electron chi connectivity index (χ1n) is 10.6. The zero-order chi connectivity index (χ0) is 23.1. The van der Waals surface area contributed by atoms with Gasteiger partial charge in [-0.2, -0.15) is 0 Å². The SMILES string of the molecule is CCN(CC)CCN(C(=O)CCS(=O)(=O)c1ccccc1)c1nc2c(OC)cccc2s1. The maximum absolute atomic E-state index is 13.2. The molecule has 0 aliphatic heterocycles. The first kappa shape index (κ1) is 24.2. The highest BCUT2D eigenvalue weighted by Crippen LogP contribution is 2.34. The Balaban J connectivity index is 1.84. The molecule has 0 aliphatic rings. The fourth-order valence-electron chi connectivity index (χ4n) is 3.40. The fourth-order valence-corrected chi connectivity index (χ4v) is 5.68. The number of carbonyl (C=O) groups is 1. The predicted molar refractivity (Wildman–Crippen MR) is 129 cm³/mol. The van der Waals surface area contributed by atoms with Crippen LogP contribution < -0.4 is 9.64 Å². The topological polar surface area (TPSA) is 79.8 Å². The molecule has 0 atom stereocenters. The summed E-state index contributed by atoms with van der Waals surface area (Å²) in [5.41, 5.74) is 0.701. The van der Waals surface area contributed by atoms with Crippen LogP contribution in [0.2, 0.25) is 0 Å². The van der Waals surface area contributed by atoms with Gasteiger partial charge in [0.05, 0.1) is 22.5 Å². The van der Waals surface area contributed by atoms with Gasteiger partial charge in [0.2, 0.25) is 5.91 Å². The number of fused-ring (bicyclic) bond motifs is 1. The van der Waals surface area contributed by atoms with Crippen molar-refractivity contribution in [2.24, 2.45) is 0 Å². The number of ether oxygens (including phenoxy) is 1. The summed E-state index contributed by atoms with van der Waals surface area (Å²) in [6, 6.07) is 13.9. The number of aromatic nitrogens is 1. The van der Waals surface area contributed by atoms with Crippen LogP contribution >= 0.6 is 11.3 Å². The van der Waals surface area contributed by atoms with E-state index in [0.29, 0.717) is 29.5 Å². The average molecular weight is 476 g/mol. The Morgan fingerprint density at radius 2 is 1.75 bits per heavy atom. The summed E-state index contributed by atoms with van der Waals surface area (Å²) < 4.78 is 31.7. The van der Waals surface area contributed by atoms with Crippen LogP contribution in [0.1, 0.15) is 20.3 Å². The average Bonchev–Trinajstić information content (AvgIpc) is 3.25. The standard InChI is InChI=1S/C23H29N3O4S2/c1-4-25(5-2)15-16-26(23-24-22-19(30-3)12-9-13-20(22)31-23)21(27)14-17-32(28,29)18-10-7-6-8-11-18/h6-13H,4-5,14-17H2,1-3H3. The molecule has 0 unspecified atom stereocenters. The van der Waals surface area contributed by atoms with Gasteiger partial charge in [0.1, 0.15) is 11.3 Å². The van der Waals surface area contributed by atoms with Crippen LogP contribution in [-0.2, 0) is 14.6 Å². The number of para-hydroxylation sites is 1. The van der Waals surface area contributed by atoms with E-state index in [1.807, 2.05) is 18.2 Å². The number of thiazole rings is 1. The van der Waals surface area contributed by atoms with Crippen LogP contribution in [0, 0.1) is 0 Å². The molecule has 0 bridgehead atoms. The molecule has 0 radical (unpaired) electrons. The predicted octanol–water partition coefficient (Wildman–Crippen LogP) is 3.84. The molecule has 1 aromatic heterocycles. The first-order chi connectivity index (χ1) is 15.4. The molecule has 172 valence electrons. The number of likely N-dealkylation sites (N-methyl/N-ethyl adjacent to an activating group) is 1. The van der Waals surface area contributed by atoms with Gasteiger partial charge in [-0.25, -0.2) is 13.4 Å². The number of methoxy groups -OCH3 is 1. The van der Waals surface area contributed by atoms with Gasteiger partial charge in [-0.15, -0.1) is 0 Å². The largest absolute Gasteiger partial charge is 0.494 e. The highest BCUT2D eigenvalue weighted by molar-refractivity contribution is 7.91. The van der Waals surface area contributed by atoms with E-state index in [4.69, 9.17) is 4.74 Å². The monoisotopic (exact) mass is 475 g/mol. The number of hydrogen-bond donors (Lipinski definition) is 0. The Morgan fingerprint density at radius 3 is 2.41 bits per heavy atom. The molecule has 0 spiro atoms. The molecular weight excluding hydrogens is 446 g/mol. The summed E-state index contributed by atoms with van der Waals surface area (Å²) in [5, 5.41) is 0.554. The molecule has 0 saturated heterocycles. The van der Waals surface area contributed by atoms with E-state index in [2.05, 4.69) is 23.7 Å². The van der Waals surface area contributed by atoms with Gasteiger partial charge in [-0.1, -0.05) is 49.4 Å².